The summed E-state index contributed by atoms with van der Waals surface area (Å²) in [4.78, 5) is 0. The SMILES string of the molecule is Cl.NC[C@@H](N)c1cc(Br)ccc1F. The summed E-state index contributed by atoms with van der Waals surface area (Å²) < 4.78 is 13.9. The molecule has 0 unspecified atom stereocenters. The molecule has 0 heterocycles. The Morgan fingerprint density at radius 3 is 2.62 bits per heavy atom. The first-order chi connectivity index (χ1) is 5.65. The van der Waals surface area contributed by atoms with Crippen LogP contribution in [0.15, 0.2) is 22.7 Å². The van der Waals surface area contributed by atoms with Crippen LogP contribution in [0.1, 0.15) is 11.6 Å². The zero-order valence-corrected chi connectivity index (χ0v) is 9.24. The molecule has 1 aromatic carbocycles. The molecule has 0 aliphatic heterocycles. The highest BCUT2D eigenvalue weighted by molar-refractivity contribution is 9.10. The predicted octanol–water partition coefficient (Wildman–Crippen LogP) is 1.97. The van der Waals surface area contributed by atoms with Gasteiger partial charge in [-0.05, 0) is 18.2 Å². The maximum Gasteiger partial charge on any atom is 0.128 e. The molecule has 13 heavy (non-hydrogen) atoms. The van der Waals surface area contributed by atoms with E-state index in [1.807, 2.05) is 0 Å². The van der Waals surface area contributed by atoms with Crippen LogP contribution in [0.4, 0.5) is 4.39 Å². The Morgan fingerprint density at radius 2 is 2.08 bits per heavy atom. The lowest BCUT2D eigenvalue weighted by Gasteiger charge is -2.10. The Bertz CT molecular complexity index is 283. The average Bonchev–Trinajstić information content (AvgIpc) is 2.08. The van der Waals surface area contributed by atoms with E-state index in [1.165, 1.54) is 6.07 Å². The lowest BCUT2D eigenvalue weighted by Crippen LogP contribution is -2.21. The second kappa shape index (κ2) is 5.54. The van der Waals surface area contributed by atoms with Gasteiger partial charge in [0.05, 0.1) is 0 Å². The van der Waals surface area contributed by atoms with Gasteiger partial charge < -0.3 is 11.5 Å². The van der Waals surface area contributed by atoms with Crippen molar-refractivity contribution in [1.29, 1.82) is 0 Å². The molecular formula is C8H11BrClFN2. The van der Waals surface area contributed by atoms with Gasteiger partial charge in [0.1, 0.15) is 5.82 Å². The van der Waals surface area contributed by atoms with Gasteiger partial charge in [-0.1, -0.05) is 15.9 Å². The van der Waals surface area contributed by atoms with Crippen molar-refractivity contribution < 1.29 is 4.39 Å². The lowest BCUT2D eigenvalue weighted by molar-refractivity contribution is 0.583. The molecule has 0 fully saturated rings. The third kappa shape index (κ3) is 3.23. The highest BCUT2D eigenvalue weighted by atomic mass is 79.9. The largest absolute Gasteiger partial charge is 0.329 e. The van der Waals surface area contributed by atoms with Crippen molar-refractivity contribution in [1.82, 2.24) is 0 Å². The van der Waals surface area contributed by atoms with Crippen molar-refractivity contribution >= 4 is 28.3 Å². The van der Waals surface area contributed by atoms with E-state index in [-0.39, 0.29) is 24.8 Å². The van der Waals surface area contributed by atoms with Crippen molar-refractivity contribution in [2.75, 3.05) is 6.54 Å². The summed E-state index contributed by atoms with van der Waals surface area (Å²) >= 11 is 3.23. The fraction of sp³-hybridized carbons (Fsp3) is 0.250. The van der Waals surface area contributed by atoms with Gasteiger partial charge in [0.15, 0.2) is 0 Å². The van der Waals surface area contributed by atoms with Crippen LogP contribution in [-0.2, 0) is 0 Å². The first-order valence-corrected chi connectivity index (χ1v) is 4.35. The van der Waals surface area contributed by atoms with Crippen molar-refractivity contribution in [2.24, 2.45) is 11.5 Å². The van der Waals surface area contributed by atoms with Crippen LogP contribution < -0.4 is 11.5 Å². The third-order valence-corrected chi connectivity index (χ3v) is 2.10. The molecule has 1 atom stereocenters. The molecule has 2 nitrogen and oxygen atoms in total. The van der Waals surface area contributed by atoms with Crippen LogP contribution in [0.25, 0.3) is 0 Å². The van der Waals surface area contributed by atoms with E-state index >= 15 is 0 Å². The Balaban J connectivity index is 0.00000144. The zero-order chi connectivity index (χ0) is 9.14. The number of benzene rings is 1. The smallest absolute Gasteiger partial charge is 0.128 e. The van der Waals surface area contributed by atoms with E-state index < -0.39 is 6.04 Å². The molecule has 0 aliphatic rings. The summed E-state index contributed by atoms with van der Waals surface area (Å²) in [6, 6.07) is 4.21. The third-order valence-electron chi connectivity index (χ3n) is 1.61. The zero-order valence-electron chi connectivity index (χ0n) is 6.84. The molecule has 74 valence electrons. The van der Waals surface area contributed by atoms with Gasteiger partial charge in [-0.25, -0.2) is 4.39 Å². The van der Waals surface area contributed by atoms with Crippen LogP contribution in [-0.4, -0.2) is 6.54 Å². The molecule has 1 aromatic rings. The van der Waals surface area contributed by atoms with E-state index in [1.54, 1.807) is 12.1 Å². The van der Waals surface area contributed by atoms with E-state index in [0.29, 0.717) is 5.56 Å². The second-order valence-corrected chi connectivity index (χ2v) is 3.42. The maximum atomic E-state index is 13.1. The predicted molar refractivity (Wildman–Crippen MR) is 57.3 cm³/mol. The normalized spacial score (nSPS) is 12.0. The highest BCUT2D eigenvalue weighted by Crippen LogP contribution is 2.19. The number of hydrogen-bond acceptors (Lipinski definition) is 2. The molecule has 0 bridgehead atoms. The van der Waals surface area contributed by atoms with Crippen molar-refractivity contribution in [2.45, 2.75) is 6.04 Å². The van der Waals surface area contributed by atoms with Crippen LogP contribution in [0.3, 0.4) is 0 Å². The summed E-state index contributed by atoms with van der Waals surface area (Å²) in [5, 5.41) is 0. The van der Waals surface area contributed by atoms with Crippen LogP contribution >= 0.6 is 28.3 Å². The van der Waals surface area contributed by atoms with Crippen LogP contribution in [0.5, 0.6) is 0 Å². The van der Waals surface area contributed by atoms with Gasteiger partial charge in [0.25, 0.3) is 0 Å². The monoisotopic (exact) mass is 268 g/mol. The summed E-state index contributed by atoms with van der Waals surface area (Å²) in [5.74, 6) is -0.309. The fourth-order valence-electron chi connectivity index (χ4n) is 0.926. The quantitative estimate of drug-likeness (QED) is 0.862. The molecule has 0 saturated heterocycles. The van der Waals surface area contributed by atoms with Crippen molar-refractivity contribution in [3.05, 3.63) is 34.1 Å². The first kappa shape index (κ1) is 12.8. The minimum absolute atomic E-state index is 0. The maximum absolute atomic E-state index is 13.1. The molecule has 0 spiro atoms. The highest BCUT2D eigenvalue weighted by Gasteiger charge is 2.09. The molecule has 4 N–H and O–H groups in total. The Hall–Kier alpha value is -0.160. The number of nitrogens with two attached hydrogens (primary N) is 2. The minimum atomic E-state index is -0.428. The second-order valence-electron chi connectivity index (χ2n) is 2.51. The van der Waals surface area contributed by atoms with E-state index in [2.05, 4.69) is 15.9 Å². The number of hydrogen-bond donors (Lipinski definition) is 2. The summed E-state index contributed by atoms with van der Waals surface area (Å²) in [5.41, 5.74) is 11.3. The van der Waals surface area contributed by atoms with Gasteiger partial charge in [0.2, 0.25) is 0 Å². The molecule has 5 heteroatoms. The number of rotatable bonds is 2. The topological polar surface area (TPSA) is 52.0 Å². The molecule has 1 rings (SSSR count). The van der Waals surface area contributed by atoms with Crippen LogP contribution in [0, 0.1) is 5.82 Å². The molecule has 0 saturated carbocycles. The first-order valence-electron chi connectivity index (χ1n) is 3.55. The molecule has 0 amide bonds. The summed E-state index contributed by atoms with van der Waals surface area (Å²) in [7, 11) is 0. The van der Waals surface area contributed by atoms with Crippen molar-refractivity contribution in [3.8, 4) is 0 Å². The molecule has 0 radical (unpaired) electrons. The van der Waals surface area contributed by atoms with Gasteiger partial charge in [-0.2, -0.15) is 0 Å². The summed E-state index contributed by atoms with van der Waals surface area (Å²) in [6.07, 6.45) is 0. The fourth-order valence-corrected chi connectivity index (χ4v) is 1.30. The molecule has 0 aromatic heterocycles. The van der Waals surface area contributed by atoms with Gasteiger partial charge >= 0.3 is 0 Å². The van der Waals surface area contributed by atoms with E-state index in [0.717, 1.165) is 4.47 Å². The summed E-state index contributed by atoms with van der Waals surface area (Å²) in [6.45, 7) is 0.243. The molecular weight excluding hydrogens is 258 g/mol. The van der Waals surface area contributed by atoms with Crippen LogP contribution in [0.2, 0.25) is 0 Å². The minimum Gasteiger partial charge on any atom is -0.329 e. The standard InChI is InChI=1S/C8H10BrFN2.ClH/c9-5-1-2-7(10)6(3-5)8(12)4-11;/h1-3,8H,4,11-12H2;1H/t8-;/m1./s1. The van der Waals surface area contributed by atoms with Gasteiger partial charge in [-0.3, -0.25) is 0 Å². The Labute approximate surface area is 91.0 Å². The van der Waals surface area contributed by atoms with E-state index in [9.17, 15) is 4.39 Å². The van der Waals surface area contributed by atoms with Gasteiger partial charge in [-0.15, -0.1) is 12.4 Å². The average molecular weight is 270 g/mol. The van der Waals surface area contributed by atoms with Gasteiger partial charge in [0, 0.05) is 22.6 Å². The Morgan fingerprint density at radius 1 is 1.46 bits per heavy atom. The number of halogens is 3. The lowest BCUT2D eigenvalue weighted by atomic mass is 10.1. The van der Waals surface area contributed by atoms with Crippen molar-refractivity contribution in [3.63, 3.8) is 0 Å². The van der Waals surface area contributed by atoms with E-state index in [4.69, 9.17) is 11.5 Å². The Kier molecular flexibility index (Phi) is 5.48. The molecule has 0 aliphatic carbocycles.